The Kier molecular flexibility index (Phi) is 8.44. The van der Waals surface area contributed by atoms with Gasteiger partial charge in [-0.3, -0.25) is 0 Å². The van der Waals surface area contributed by atoms with E-state index in [1.54, 1.807) is 22.7 Å². The molecule has 24 heavy (non-hydrogen) atoms. The third-order valence-corrected chi connectivity index (χ3v) is 7.74. The predicted octanol–water partition coefficient (Wildman–Crippen LogP) is 7.38. The van der Waals surface area contributed by atoms with Crippen LogP contribution in [0.25, 0.3) is 9.40 Å². The summed E-state index contributed by atoms with van der Waals surface area (Å²) in [4.78, 5) is 0. The van der Waals surface area contributed by atoms with Crippen molar-refractivity contribution in [2.75, 3.05) is 0 Å². The van der Waals surface area contributed by atoms with Gasteiger partial charge in [-0.05, 0) is 79.9 Å². The van der Waals surface area contributed by atoms with Gasteiger partial charge in [-0.1, -0.05) is 39.0 Å². The SMILES string of the molecule is C#CC#CC#Cc1c(Br)sc2c(CCCCCCCC)c(Br)sc12. The third-order valence-electron chi connectivity index (χ3n) is 3.69. The van der Waals surface area contributed by atoms with Gasteiger partial charge in [0.05, 0.1) is 22.5 Å². The number of aryl methyl sites for hydroxylation is 1. The van der Waals surface area contributed by atoms with E-state index in [2.05, 4.69) is 68.4 Å². The average molecular weight is 482 g/mol. The van der Waals surface area contributed by atoms with Crippen molar-refractivity contribution in [2.45, 2.75) is 51.9 Å². The minimum Gasteiger partial charge on any atom is -0.126 e. The van der Waals surface area contributed by atoms with Gasteiger partial charge in [-0.2, -0.15) is 0 Å². The van der Waals surface area contributed by atoms with Crippen molar-refractivity contribution >= 4 is 63.9 Å². The highest BCUT2D eigenvalue weighted by atomic mass is 79.9. The Labute approximate surface area is 169 Å². The highest BCUT2D eigenvalue weighted by molar-refractivity contribution is 9.11. The molecule has 0 atom stereocenters. The molecule has 0 fully saturated rings. The molecule has 0 radical (unpaired) electrons. The maximum Gasteiger partial charge on any atom is 0.0876 e. The Morgan fingerprint density at radius 3 is 2.33 bits per heavy atom. The van der Waals surface area contributed by atoms with E-state index in [0.717, 1.165) is 15.8 Å². The van der Waals surface area contributed by atoms with Gasteiger partial charge in [0, 0.05) is 0 Å². The Bertz CT molecular complexity index is 857. The maximum absolute atomic E-state index is 5.11. The van der Waals surface area contributed by atoms with E-state index >= 15 is 0 Å². The normalized spacial score (nSPS) is 9.92. The molecule has 0 aliphatic rings. The lowest BCUT2D eigenvalue weighted by Gasteiger charge is -2.01. The molecule has 0 bridgehead atoms. The van der Waals surface area contributed by atoms with Crippen LogP contribution >= 0.6 is 54.5 Å². The van der Waals surface area contributed by atoms with Crippen LogP contribution in [0.15, 0.2) is 7.57 Å². The standard InChI is InChI=1S/C20H18Br2S2/c1-3-5-7-9-10-12-14-16-18-17(23-20(16)22)15(19(21)24-18)13-11-8-6-4-2/h2H,3,5,7,9-10,12,14H2,1H3. The van der Waals surface area contributed by atoms with Crippen LogP contribution in [0.5, 0.6) is 0 Å². The Hall–Kier alpha value is -0.700. The topological polar surface area (TPSA) is 0 Å². The van der Waals surface area contributed by atoms with E-state index < -0.39 is 0 Å². The molecule has 0 aliphatic carbocycles. The lowest BCUT2D eigenvalue weighted by Crippen LogP contribution is -1.85. The second-order valence-corrected chi connectivity index (χ2v) is 10.1. The highest BCUT2D eigenvalue weighted by Crippen LogP contribution is 2.45. The molecule has 0 aliphatic heterocycles. The molecule has 0 saturated carbocycles. The summed E-state index contributed by atoms with van der Waals surface area (Å²) in [6.07, 6.45) is 14.2. The molecule has 0 spiro atoms. The highest BCUT2D eigenvalue weighted by Gasteiger charge is 2.17. The van der Waals surface area contributed by atoms with Crippen molar-refractivity contribution in [1.82, 2.24) is 0 Å². The van der Waals surface area contributed by atoms with Crippen LogP contribution in [0.4, 0.5) is 0 Å². The van der Waals surface area contributed by atoms with Crippen LogP contribution in [-0.4, -0.2) is 0 Å². The molecule has 2 aromatic heterocycles. The molecule has 2 aromatic rings. The molecule has 0 N–H and O–H groups in total. The zero-order chi connectivity index (χ0) is 17.4. The molecule has 4 heteroatoms. The minimum absolute atomic E-state index is 1.03. The number of halogens is 2. The number of terminal acetylenes is 1. The molecule has 0 amide bonds. The van der Waals surface area contributed by atoms with Crippen molar-refractivity contribution < 1.29 is 0 Å². The van der Waals surface area contributed by atoms with Gasteiger partial charge in [0.2, 0.25) is 0 Å². The van der Waals surface area contributed by atoms with Gasteiger partial charge in [0.1, 0.15) is 0 Å². The van der Waals surface area contributed by atoms with Crippen molar-refractivity contribution in [3.05, 3.63) is 18.7 Å². The van der Waals surface area contributed by atoms with Crippen molar-refractivity contribution in [3.8, 4) is 36.0 Å². The van der Waals surface area contributed by atoms with Gasteiger partial charge in [0.25, 0.3) is 0 Å². The van der Waals surface area contributed by atoms with E-state index in [1.165, 1.54) is 57.3 Å². The van der Waals surface area contributed by atoms with Gasteiger partial charge in [-0.25, -0.2) is 0 Å². The largest absolute Gasteiger partial charge is 0.126 e. The van der Waals surface area contributed by atoms with E-state index in [0.29, 0.717) is 0 Å². The average Bonchev–Trinajstić information content (AvgIpc) is 3.02. The van der Waals surface area contributed by atoms with Crippen molar-refractivity contribution in [2.24, 2.45) is 0 Å². The maximum atomic E-state index is 5.11. The summed E-state index contributed by atoms with van der Waals surface area (Å²) in [6.45, 7) is 2.26. The van der Waals surface area contributed by atoms with Gasteiger partial charge >= 0.3 is 0 Å². The first-order valence-electron chi connectivity index (χ1n) is 8.04. The van der Waals surface area contributed by atoms with Crippen molar-refractivity contribution in [3.63, 3.8) is 0 Å². The first-order chi connectivity index (χ1) is 11.7. The molecule has 0 unspecified atom stereocenters. The van der Waals surface area contributed by atoms with Crippen LogP contribution in [0.3, 0.4) is 0 Å². The zero-order valence-corrected chi connectivity index (χ0v) is 18.4. The second-order valence-electron chi connectivity index (χ2n) is 5.43. The fourth-order valence-electron chi connectivity index (χ4n) is 2.49. The third kappa shape index (κ3) is 5.15. The summed E-state index contributed by atoms with van der Waals surface area (Å²) < 4.78 is 4.91. The molecular formula is C20H18Br2S2. The van der Waals surface area contributed by atoms with Crippen LogP contribution in [0.1, 0.15) is 56.6 Å². The summed E-state index contributed by atoms with van der Waals surface area (Å²) in [6, 6.07) is 0. The minimum atomic E-state index is 1.03. The first kappa shape index (κ1) is 19.6. The summed E-state index contributed by atoms with van der Waals surface area (Å²) in [5.41, 5.74) is 2.46. The fourth-order valence-corrected chi connectivity index (χ4v) is 6.73. The summed E-state index contributed by atoms with van der Waals surface area (Å²) in [5.74, 6) is 13.5. The smallest absolute Gasteiger partial charge is 0.0876 e. The van der Waals surface area contributed by atoms with Crippen LogP contribution in [0, 0.1) is 36.0 Å². The monoisotopic (exact) mass is 480 g/mol. The second kappa shape index (κ2) is 10.3. The first-order valence-corrected chi connectivity index (χ1v) is 11.3. The quantitative estimate of drug-likeness (QED) is 0.285. The predicted molar refractivity (Wildman–Crippen MR) is 116 cm³/mol. The summed E-state index contributed by atoms with van der Waals surface area (Å²) >= 11 is 10.9. The van der Waals surface area contributed by atoms with E-state index in [-0.39, 0.29) is 0 Å². The lowest BCUT2D eigenvalue weighted by atomic mass is 10.1. The number of unbranched alkanes of at least 4 members (excludes halogenated alkanes) is 5. The van der Waals surface area contributed by atoms with Crippen LogP contribution in [0.2, 0.25) is 0 Å². The number of thiophene rings is 2. The Morgan fingerprint density at radius 2 is 1.58 bits per heavy atom. The van der Waals surface area contributed by atoms with E-state index in [1.807, 2.05) is 0 Å². The van der Waals surface area contributed by atoms with Gasteiger partial charge in [0.15, 0.2) is 0 Å². The van der Waals surface area contributed by atoms with Crippen LogP contribution < -0.4 is 0 Å². The molecule has 124 valence electrons. The molecular weight excluding hydrogens is 464 g/mol. The van der Waals surface area contributed by atoms with E-state index in [4.69, 9.17) is 6.42 Å². The lowest BCUT2D eigenvalue weighted by molar-refractivity contribution is 0.608. The van der Waals surface area contributed by atoms with Crippen molar-refractivity contribution in [1.29, 1.82) is 0 Å². The molecule has 0 nitrogen and oxygen atoms in total. The molecule has 0 saturated heterocycles. The molecule has 2 heterocycles. The number of fused-ring (bicyclic) bond motifs is 1. The van der Waals surface area contributed by atoms with Crippen LogP contribution in [-0.2, 0) is 6.42 Å². The Balaban J connectivity index is 2.13. The number of hydrogen-bond acceptors (Lipinski definition) is 2. The number of hydrogen-bond donors (Lipinski definition) is 0. The zero-order valence-electron chi connectivity index (χ0n) is 13.6. The molecule has 0 aromatic carbocycles. The summed E-state index contributed by atoms with van der Waals surface area (Å²) in [7, 11) is 0. The van der Waals surface area contributed by atoms with E-state index in [9.17, 15) is 0 Å². The van der Waals surface area contributed by atoms with Gasteiger partial charge in [-0.15, -0.1) is 29.1 Å². The number of rotatable bonds is 7. The Morgan fingerprint density at radius 1 is 0.875 bits per heavy atom. The van der Waals surface area contributed by atoms with Gasteiger partial charge < -0.3 is 0 Å². The fraction of sp³-hybridized carbons (Fsp3) is 0.400. The molecule has 2 rings (SSSR count). The summed E-state index contributed by atoms with van der Waals surface area (Å²) in [5, 5.41) is 0.